The lowest BCUT2D eigenvalue weighted by atomic mass is 10.0. The summed E-state index contributed by atoms with van der Waals surface area (Å²) in [5.74, 6) is -1.48. The summed E-state index contributed by atoms with van der Waals surface area (Å²) in [6.45, 7) is 4.60. The fraction of sp³-hybridized carbons (Fsp3) is 0.906. The fourth-order valence-corrected chi connectivity index (χ4v) is 4.68. The van der Waals surface area contributed by atoms with Crippen molar-refractivity contribution in [1.82, 2.24) is 0 Å². The lowest BCUT2D eigenvalue weighted by Gasteiger charge is -2.31. The van der Waals surface area contributed by atoms with E-state index in [-0.39, 0.29) is 36.2 Å². The van der Waals surface area contributed by atoms with E-state index in [2.05, 4.69) is 13.8 Å². The van der Waals surface area contributed by atoms with Crippen molar-refractivity contribution < 1.29 is 38.2 Å². The van der Waals surface area contributed by atoms with Crippen LogP contribution >= 0.6 is 0 Å². The van der Waals surface area contributed by atoms with E-state index in [4.69, 9.17) is 14.2 Å². The Kier molecular flexibility index (Phi) is 24.0. The number of carbonyl (C=O) groups excluding carboxylic acids is 2. The molecule has 0 heterocycles. The number of quaternary nitrogens is 1. The van der Waals surface area contributed by atoms with Gasteiger partial charge in [-0.1, -0.05) is 104 Å². The van der Waals surface area contributed by atoms with Gasteiger partial charge < -0.3 is 23.8 Å². The summed E-state index contributed by atoms with van der Waals surface area (Å²) in [5.41, 5.74) is 0. The van der Waals surface area contributed by atoms with Crippen molar-refractivity contribution in [2.24, 2.45) is 0 Å². The smallest absolute Gasteiger partial charge is 0.362 e. The zero-order chi connectivity index (χ0) is 30.1. The third-order valence-electron chi connectivity index (χ3n) is 7.26. The van der Waals surface area contributed by atoms with E-state index >= 15 is 0 Å². The number of likely N-dealkylation sites (N-methyl/N-ethyl adjacent to an activating group) is 1. The van der Waals surface area contributed by atoms with Gasteiger partial charge in [-0.2, -0.15) is 0 Å². The minimum absolute atomic E-state index is 0.0471. The molecule has 0 spiro atoms. The summed E-state index contributed by atoms with van der Waals surface area (Å²) in [7, 11) is 5.50. The van der Waals surface area contributed by atoms with E-state index in [1.165, 1.54) is 57.8 Å². The summed E-state index contributed by atoms with van der Waals surface area (Å²) in [4.78, 5) is 36.2. The Hall–Kier alpha value is -1.67. The molecule has 0 saturated carbocycles. The molecule has 8 heteroatoms. The van der Waals surface area contributed by atoms with E-state index < -0.39 is 18.1 Å². The van der Waals surface area contributed by atoms with E-state index in [1.807, 2.05) is 21.1 Å². The van der Waals surface area contributed by atoms with E-state index in [0.29, 0.717) is 19.3 Å². The average Bonchev–Trinajstić information content (AvgIpc) is 2.89. The van der Waals surface area contributed by atoms with Crippen molar-refractivity contribution >= 4 is 17.9 Å². The Balaban J connectivity index is 4.38. The van der Waals surface area contributed by atoms with Gasteiger partial charge in [-0.05, 0) is 12.8 Å². The Bertz CT molecular complexity index is 648. The summed E-state index contributed by atoms with van der Waals surface area (Å²) in [6.07, 6.45) is 19.0. The second kappa shape index (κ2) is 25.1. The number of unbranched alkanes of at least 4 members (excludes halogenated alkanes) is 14. The normalized spacial score (nSPS) is 13.1. The molecule has 0 fully saturated rings. The molecule has 0 aliphatic heterocycles. The number of nitrogens with zero attached hydrogens (tertiary/aromatic N) is 1. The molecule has 0 aliphatic carbocycles. The average molecular weight is 573 g/mol. The molecule has 2 unspecified atom stereocenters. The standard InChI is InChI=1S/C32H61NO7/c1-6-8-10-12-13-14-15-16-17-18-19-21-23-31(35)40-28(27-39-30(34)22-20-11-9-7-2)26-38-25-24-29(32(36)37)33(3,4)5/h28-29H,6-27H2,1-5H3/p+1. The molecule has 0 bridgehead atoms. The Morgan fingerprint density at radius 2 is 1.10 bits per heavy atom. The van der Waals surface area contributed by atoms with Gasteiger partial charge in [0, 0.05) is 19.3 Å². The molecule has 1 N–H and O–H groups in total. The minimum Gasteiger partial charge on any atom is -0.477 e. The third kappa shape index (κ3) is 23.1. The number of carboxylic acid groups (broad SMARTS) is 1. The van der Waals surface area contributed by atoms with E-state index in [0.717, 1.165) is 44.9 Å². The summed E-state index contributed by atoms with van der Waals surface area (Å²) in [5, 5.41) is 9.50. The topological polar surface area (TPSA) is 99.1 Å². The molecule has 2 atom stereocenters. The van der Waals surface area contributed by atoms with Crippen LogP contribution in [0.4, 0.5) is 0 Å². The van der Waals surface area contributed by atoms with Crippen LogP contribution in [0.15, 0.2) is 0 Å². The van der Waals surface area contributed by atoms with Gasteiger partial charge in [0.1, 0.15) is 6.61 Å². The lowest BCUT2D eigenvalue weighted by molar-refractivity contribution is -0.887. The van der Waals surface area contributed by atoms with Crippen molar-refractivity contribution in [3.8, 4) is 0 Å². The summed E-state index contributed by atoms with van der Waals surface area (Å²) in [6, 6.07) is -0.604. The van der Waals surface area contributed by atoms with Crippen LogP contribution in [0.2, 0.25) is 0 Å². The predicted molar refractivity (Wildman–Crippen MR) is 160 cm³/mol. The highest BCUT2D eigenvalue weighted by atomic mass is 16.6. The first-order valence-corrected chi connectivity index (χ1v) is 16.1. The summed E-state index contributed by atoms with van der Waals surface area (Å²) >= 11 is 0. The van der Waals surface area contributed by atoms with E-state index in [9.17, 15) is 19.5 Å². The first kappa shape index (κ1) is 38.3. The maximum atomic E-state index is 12.5. The second-order valence-corrected chi connectivity index (χ2v) is 12.1. The van der Waals surface area contributed by atoms with Crippen LogP contribution in [0.25, 0.3) is 0 Å². The number of hydrogen-bond donors (Lipinski definition) is 1. The van der Waals surface area contributed by atoms with Crippen molar-refractivity contribution in [2.45, 2.75) is 148 Å². The molecule has 0 aliphatic rings. The van der Waals surface area contributed by atoms with Crippen LogP contribution in [0.3, 0.4) is 0 Å². The number of rotatable bonds is 28. The molecule has 0 amide bonds. The quantitative estimate of drug-likeness (QED) is 0.0608. The molecule has 0 saturated heterocycles. The molecular formula is C32H62NO7+. The van der Waals surface area contributed by atoms with Gasteiger partial charge in [0.2, 0.25) is 0 Å². The Labute approximate surface area is 245 Å². The SMILES string of the molecule is CCCCCCCCCCCCCCC(=O)OC(COCCC(C(=O)O)[N+](C)(C)C)COC(=O)CCCCCC. The van der Waals surface area contributed by atoms with Crippen LogP contribution in [-0.2, 0) is 28.6 Å². The van der Waals surface area contributed by atoms with Gasteiger partial charge in [0.15, 0.2) is 12.1 Å². The molecule has 8 nitrogen and oxygen atoms in total. The van der Waals surface area contributed by atoms with Gasteiger partial charge in [0.05, 0.1) is 34.4 Å². The van der Waals surface area contributed by atoms with Crippen LogP contribution in [0.5, 0.6) is 0 Å². The van der Waals surface area contributed by atoms with Crippen molar-refractivity contribution in [2.75, 3.05) is 41.0 Å². The first-order valence-electron chi connectivity index (χ1n) is 16.1. The minimum atomic E-state index is -0.876. The maximum absolute atomic E-state index is 12.5. The number of hydrogen-bond acceptors (Lipinski definition) is 6. The highest BCUT2D eigenvalue weighted by molar-refractivity contribution is 5.72. The number of ether oxygens (including phenoxy) is 3. The molecule has 0 radical (unpaired) electrons. The Morgan fingerprint density at radius 3 is 1.57 bits per heavy atom. The molecule has 0 aromatic carbocycles. The van der Waals surface area contributed by atoms with E-state index in [1.54, 1.807) is 0 Å². The van der Waals surface area contributed by atoms with Crippen molar-refractivity contribution in [3.05, 3.63) is 0 Å². The largest absolute Gasteiger partial charge is 0.477 e. The molecule has 40 heavy (non-hydrogen) atoms. The third-order valence-corrected chi connectivity index (χ3v) is 7.26. The zero-order valence-corrected chi connectivity index (χ0v) is 26.6. The van der Waals surface area contributed by atoms with Gasteiger partial charge in [-0.25, -0.2) is 4.79 Å². The monoisotopic (exact) mass is 572 g/mol. The summed E-state index contributed by atoms with van der Waals surface area (Å²) < 4.78 is 17.0. The van der Waals surface area contributed by atoms with Gasteiger partial charge >= 0.3 is 17.9 Å². The van der Waals surface area contributed by atoms with Crippen LogP contribution < -0.4 is 0 Å². The number of carbonyl (C=O) groups is 3. The predicted octanol–water partition coefficient (Wildman–Crippen LogP) is 7.07. The second-order valence-electron chi connectivity index (χ2n) is 12.1. The van der Waals surface area contributed by atoms with Crippen LogP contribution in [0.1, 0.15) is 136 Å². The molecule has 0 rings (SSSR count). The number of esters is 2. The van der Waals surface area contributed by atoms with Crippen molar-refractivity contribution in [3.63, 3.8) is 0 Å². The highest BCUT2D eigenvalue weighted by Gasteiger charge is 2.31. The van der Waals surface area contributed by atoms with Crippen LogP contribution in [-0.4, -0.2) is 80.6 Å². The Morgan fingerprint density at radius 1 is 0.650 bits per heavy atom. The van der Waals surface area contributed by atoms with Gasteiger partial charge in [0.25, 0.3) is 0 Å². The van der Waals surface area contributed by atoms with Gasteiger partial charge in [-0.3, -0.25) is 9.59 Å². The van der Waals surface area contributed by atoms with Crippen molar-refractivity contribution in [1.29, 1.82) is 0 Å². The fourth-order valence-electron chi connectivity index (χ4n) is 4.68. The molecular weight excluding hydrogens is 510 g/mol. The molecule has 0 aromatic heterocycles. The van der Waals surface area contributed by atoms with Gasteiger partial charge in [-0.15, -0.1) is 0 Å². The first-order chi connectivity index (χ1) is 19.1. The van der Waals surface area contributed by atoms with Crippen LogP contribution in [0, 0.1) is 0 Å². The zero-order valence-electron chi connectivity index (χ0n) is 26.6. The highest BCUT2D eigenvalue weighted by Crippen LogP contribution is 2.14. The number of carboxylic acids is 1. The lowest BCUT2D eigenvalue weighted by Crippen LogP contribution is -2.50. The molecule has 236 valence electrons. The number of aliphatic carboxylic acids is 1. The molecule has 0 aromatic rings. The maximum Gasteiger partial charge on any atom is 0.362 e.